The molecule has 1 aliphatic rings. The Morgan fingerprint density at radius 2 is 2.27 bits per heavy atom. The molecule has 0 aromatic heterocycles. The van der Waals surface area contributed by atoms with Gasteiger partial charge in [-0.1, -0.05) is 13.8 Å². The van der Waals surface area contributed by atoms with Crippen LogP contribution in [0.15, 0.2) is 0 Å². The number of aliphatic hydroxyl groups excluding tert-OH is 1. The van der Waals surface area contributed by atoms with Gasteiger partial charge < -0.3 is 15.2 Å². The molecular weight excluding hydrogens is 190 g/mol. The van der Waals surface area contributed by atoms with Crippen molar-refractivity contribution in [3.05, 3.63) is 0 Å². The fourth-order valence-electron chi connectivity index (χ4n) is 1.81. The Morgan fingerprint density at radius 1 is 1.53 bits per heavy atom. The molecule has 1 fully saturated rings. The quantitative estimate of drug-likeness (QED) is 0.706. The van der Waals surface area contributed by atoms with Crippen LogP contribution in [0.2, 0.25) is 0 Å². The number of hydrogen-bond acceptors (Lipinski definition) is 3. The molecule has 0 amide bonds. The van der Waals surface area contributed by atoms with Crippen molar-refractivity contribution < 1.29 is 9.84 Å². The molecule has 3 heteroatoms. The highest BCUT2D eigenvalue weighted by atomic mass is 16.5. The summed E-state index contributed by atoms with van der Waals surface area (Å²) in [4.78, 5) is 0. The first-order valence-corrected chi connectivity index (χ1v) is 5.99. The van der Waals surface area contributed by atoms with Gasteiger partial charge in [0.1, 0.15) is 0 Å². The summed E-state index contributed by atoms with van der Waals surface area (Å²) >= 11 is 0. The minimum absolute atomic E-state index is 0.0230. The van der Waals surface area contributed by atoms with E-state index >= 15 is 0 Å². The third kappa shape index (κ3) is 4.96. The lowest BCUT2D eigenvalue weighted by atomic mass is 9.94. The molecule has 0 aromatic rings. The molecule has 0 spiro atoms. The van der Waals surface area contributed by atoms with Crippen molar-refractivity contribution in [1.29, 1.82) is 0 Å². The monoisotopic (exact) mass is 215 g/mol. The second kappa shape index (κ2) is 5.83. The van der Waals surface area contributed by atoms with Gasteiger partial charge >= 0.3 is 0 Å². The van der Waals surface area contributed by atoms with Gasteiger partial charge in [-0.05, 0) is 26.2 Å². The summed E-state index contributed by atoms with van der Waals surface area (Å²) in [7, 11) is 0. The maximum atomic E-state index is 9.13. The zero-order chi connectivity index (χ0) is 11.3. The van der Waals surface area contributed by atoms with Crippen LogP contribution in [0.1, 0.15) is 40.0 Å². The van der Waals surface area contributed by atoms with E-state index in [4.69, 9.17) is 9.84 Å². The molecule has 2 unspecified atom stereocenters. The van der Waals surface area contributed by atoms with Crippen molar-refractivity contribution in [1.82, 2.24) is 5.32 Å². The van der Waals surface area contributed by atoms with Crippen LogP contribution in [0, 0.1) is 5.41 Å². The van der Waals surface area contributed by atoms with Gasteiger partial charge in [-0.15, -0.1) is 0 Å². The maximum absolute atomic E-state index is 9.13. The van der Waals surface area contributed by atoms with E-state index in [1.54, 1.807) is 0 Å². The Labute approximate surface area is 93.2 Å². The number of rotatable bonds is 6. The summed E-state index contributed by atoms with van der Waals surface area (Å²) in [5, 5.41) is 12.6. The third-order valence-electron chi connectivity index (χ3n) is 3.00. The molecule has 0 bridgehead atoms. The van der Waals surface area contributed by atoms with Crippen LogP contribution >= 0.6 is 0 Å². The molecular formula is C12H25NO2. The van der Waals surface area contributed by atoms with Gasteiger partial charge in [-0.25, -0.2) is 0 Å². The number of nitrogens with one attached hydrogen (secondary N) is 1. The molecule has 2 N–H and O–H groups in total. The van der Waals surface area contributed by atoms with Crippen LogP contribution in [0.25, 0.3) is 0 Å². The number of aliphatic hydroxyl groups is 1. The average molecular weight is 215 g/mol. The maximum Gasteiger partial charge on any atom is 0.0590 e. The lowest BCUT2D eigenvalue weighted by Crippen LogP contribution is -2.38. The Kier molecular flexibility index (Phi) is 5.03. The van der Waals surface area contributed by atoms with Gasteiger partial charge in [0, 0.05) is 31.2 Å². The van der Waals surface area contributed by atoms with Crippen LogP contribution < -0.4 is 5.32 Å². The second-order valence-corrected chi connectivity index (χ2v) is 5.48. The van der Waals surface area contributed by atoms with E-state index in [2.05, 4.69) is 26.1 Å². The molecule has 2 atom stereocenters. The summed E-state index contributed by atoms with van der Waals surface area (Å²) < 4.78 is 5.59. The highest BCUT2D eigenvalue weighted by molar-refractivity contribution is 4.76. The predicted molar refractivity (Wildman–Crippen MR) is 61.9 cm³/mol. The SMILES string of the molecule is CC(CC1CCCO1)NCC(C)(C)CO. The van der Waals surface area contributed by atoms with Crippen LogP contribution in [-0.2, 0) is 4.74 Å². The van der Waals surface area contributed by atoms with E-state index in [0.717, 1.165) is 19.6 Å². The van der Waals surface area contributed by atoms with E-state index in [1.165, 1.54) is 12.8 Å². The van der Waals surface area contributed by atoms with Gasteiger partial charge in [-0.3, -0.25) is 0 Å². The summed E-state index contributed by atoms with van der Waals surface area (Å²) in [5.41, 5.74) is -0.0230. The van der Waals surface area contributed by atoms with Gasteiger partial charge in [0.25, 0.3) is 0 Å². The molecule has 0 aromatic carbocycles. The summed E-state index contributed by atoms with van der Waals surface area (Å²) in [5.74, 6) is 0. The van der Waals surface area contributed by atoms with Gasteiger partial charge in [0.2, 0.25) is 0 Å². The highest BCUT2D eigenvalue weighted by Crippen LogP contribution is 2.18. The Morgan fingerprint density at radius 3 is 2.80 bits per heavy atom. The minimum atomic E-state index is -0.0230. The first kappa shape index (κ1) is 12.9. The zero-order valence-electron chi connectivity index (χ0n) is 10.3. The second-order valence-electron chi connectivity index (χ2n) is 5.48. The van der Waals surface area contributed by atoms with Crippen LogP contribution in [-0.4, -0.2) is 37.0 Å². The lowest BCUT2D eigenvalue weighted by Gasteiger charge is -2.25. The molecule has 3 nitrogen and oxygen atoms in total. The fourth-order valence-corrected chi connectivity index (χ4v) is 1.81. The number of hydrogen-bond donors (Lipinski definition) is 2. The van der Waals surface area contributed by atoms with Crippen molar-refractivity contribution in [2.75, 3.05) is 19.8 Å². The summed E-state index contributed by atoms with van der Waals surface area (Å²) in [6.07, 6.45) is 3.95. The van der Waals surface area contributed by atoms with Crippen molar-refractivity contribution >= 4 is 0 Å². The number of ether oxygens (including phenoxy) is 1. The summed E-state index contributed by atoms with van der Waals surface area (Å²) in [6, 6.07) is 0.471. The molecule has 0 radical (unpaired) electrons. The molecule has 1 saturated heterocycles. The first-order valence-electron chi connectivity index (χ1n) is 5.99. The van der Waals surface area contributed by atoms with Crippen molar-refractivity contribution in [2.24, 2.45) is 5.41 Å². The predicted octanol–water partition coefficient (Wildman–Crippen LogP) is 1.55. The Bertz CT molecular complexity index is 176. The zero-order valence-corrected chi connectivity index (χ0v) is 10.3. The highest BCUT2D eigenvalue weighted by Gasteiger charge is 2.21. The molecule has 0 aliphatic carbocycles. The smallest absolute Gasteiger partial charge is 0.0590 e. The Balaban J connectivity index is 2.15. The van der Waals surface area contributed by atoms with Gasteiger partial charge in [-0.2, -0.15) is 0 Å². The summed E-state index contributed by atoms with van der Waals surface area (Å²) in [6.45, 7) is 8.34. The van der Waals surface area contributed by atoms with Crippen molar-refractivity contribution in [3.63, 3.8) is 0 Å². The molecule has 90 valence electrons. The van der Waals surface area contributed by atoms with E-state index in [1.807, 2.05) is 0 Å². The molecule has 1 heterocycles. The average Bonchev–Trinajstić information content (AvgIpc) is 2.68. The van der Waals surface area contributed by atoms with E-state index in [9.17, 15) is 0 Å². The largest absolute Gasteiger partial charge is 0.396 e. The molecule has 1 rings (SSSR count). The molecule has 15 heavy (non-hydrogen) atoms. The van der Waals surface area contributed by atoms with Crippen LogP contribution in [0.3, 0.4) is 0 Å². The van der Waals surface area contributed by atoms with Crippen molar-refractivity contribution in [2.45, 2.75) is 52.2 Å². The lowest BCUT2D eigenvalue weighted by molar-refractivity contribution is 0.0926. The fraction of sp³-hybridized carbons (Fsp3) is 1.00. The Hall–Kier alpha value is -0.120. The van der Waals surface area contributed by atoms with E-state index < -0.39 is 0 Å². The minimum Gasteiger partial charge on any atom is -0.396 e. The van der Waals surface area contributed by atoms with Crippen LogP contribution in [0.5, 0.6) is 0 Å². The van der Waals surface area contributed by atoms with Crippen LogP contribution in [0.4, 0.5) is 0 Å². The topological polar surface area (TPSA) is 41.5 Å². The van der Waals surface area contributed by atoms with Gasteiger partial charge in [0.05, 0.1) is 6.10 Å². The van der Waals surface area contributed by atoms with Crippen molar-refractivity contribution in [3.8, 4) is 0 Å². The van der Waals surface area contributed by atoms with E-state index in [-0.39, 0.29) is 12.0 Å². The van der Waals surface area contributed by atoms with E-state index in [0.29, 0.717) is 12.1 Å². The van der Waals surface area contributed by atoms with Gasteiger partial charge in [0.15, 0.2) is 0 Å². The first-order chi connectivity index (χ1) is 7.03. The third-order valence-corrected chi connectivity index (χ3v) is 3.00. The molecule has 1 aliphatic heterocycles. The standard InChI is InChI=1S/C12H25NO2/c1-10(7-11-5-4-6-15-11)13-8-12(2,3)9-14/h10-11,13-14H,4-9H2,1-3H3. The molecule has 0 saturated carbocycles. The normalized spacial score (nSPS) is 24.4.